The lowest BCUT2D eigenvalue weighted by atomic mass is 10.1. The van der Waals surface area contributed by atoms with Crippen molar-refractivity contribution in [2.24, 2.45) is 0 Å². The van der Waals surface area contributed by atoms with Crippen LogP contribution in [0.4, 0.5) is 18.9 Å². The van der Waals surface area contributed by atoms with Crippen LogP contribution in [-0.2, 0) is 11.0 Å². The normalized spacial score (nSPS) is 11.4. The lowest BCUT2D eigenvalue weighted by Gasteiger charge is -2.13. The molecule has 0 spiro atoms. The van der Waals surface area contributed by atoms with E-state index in [1.165, 1.54) is 18.2 Å². The molecule has 0 aliphatic rings. The molecule has 0 bridgehead atoms. The Morgan fingerprint density at radius 2 is 1.96 bits per heavy atom. The number of thioether (sulfide) groups is 1. The standard InChI is InChI=1S/C18H14F3N3OS2/c1-11-5-4-6-12(9-11)16-23-17(27-24-16)26-10-15(25)22-14-8-3-2-7-13(14)18(19,20)21/h2-9H,10H2,1H3,(H,22,25). The Morgan fingerprint density at radius 3 is 2.70 bits per heavy atom. The molecular formula is C18H14F3N3OS2. The molecule has 140 valence electrons. The van der Waals surface area contributed by atoms with Gasteiger partial charge in [-0.2, -0.15) is 17.5 Å². The fraction of sp³-hybridized carbons (Fsp3) is 0.167. The Labute approximate surface area is 162 Å². The van der Waals surface area contributed by atoms with Crippen molar-refractivity contribution in [1.82, 2.24) is 9.36 Å². The molecule has 0 fully saturated rings. The van der Waals surface area contributed by atoms with Crippen LogP contribution >= 0.6 is 23.3 Å². The molecule has 1 N–H and O–H groups in total. The molecule has 0 saturated carbocycles. The number of carbonyl (C=O) groups is 1. The van der Waals surface area contributed by atoms with Gasteiger partial charge in [-0.1, -0.05) is 47.7 Å². The fourth-order valence-corrected chi connectivity index (χ4v) is 3.74. The summed E-state index contributed by atoms with van der Waals surface area (Å²) in [5, 5.41) is 2.31. The molecular weight excluding hydrogens is 395 g/mol. The monoisotopic (exact) mass is 409 g/mol. The smallest absolute Gasteiger partial charge is 0.325 e. The highest BCUT2D eigenvalue weighted by Gasteiger charge is 2.33. The minimum Gasteiger partial charge on any atom is -0.325 e. The van der Waals surface area contributed by atoms with Crippen molar-refractivity contribution in [3.05, 3.63) is 59.7 Å². The van der Waals surface area contributed by atoms with Crippen LogP contribution in [0, 0.1) is 6.92 Å². The van der Waals surface area contributed by atoms with Crippen LogP contribution in [0.15, 0.2) is 52.9 Å². The van der Waals surface area contributed by atoms with E-state index in [0.717, 1.165) is 40.5 Å². The van der Waals surface area contributed by atoms with Crippen molar-refractivity contribution >= 4 is 34.9 Å². The van der Waals surface area contributed by atoms with Crippen LogP contribution in [0.1, 0.15) is 11.1 Å². The number of hydrogen-bond acceptors (Lipinski definition) is 5. The molecule has 27 heavy (non-hydrogen) atoms. The Hall–Kier alpha value is -2.39. The number of nitrogens with zero attached hydrogens (tertiary/aromatic N) is 2. The Bertz CT molecular complexity index is 957. The van der Waals surface area contributed by atoms with E-state index in [4.69, 9.17) is 0 Å². The van der Waals surface area contributed by atoms with Gasteiger partial charge in [0.25, 0.3) is 0 Å². The van der Waals surface area contributed by atoms with Crippen molar-refractivity contribution in [1.29, 1.82) is 0 Å². The number of hydrogen-bond donors (Lipinski definition) is 1. The number of para-hydroxylation sites is 1. The topological polar surface area (TPSA) is 54.9 Å². The lowest BCUT2D eigenvalue weighted by molar-refractivity contribution is -0.137. The molecule has 0 radical (unpaired) electrons. The first-order chi connectivity index (χ1) is 12.8. The van der Waals surface area contributed by atoms with Gasteiger partial charge in [0.05, 0.1) is 17.0 Å². The third kappa shape index (κ3) is 5.08. The fourth-order valence-electron chi connectivity index (χ4n) is 2.32. The maximum atomic E-state index is 13.0. The van der Waals surface area contributed by atoms with Crippen LogP contribution < -0.4 is 5.32 Å². The Kier molecular flexibility index (Phi) is 5.81. The number of nitrogens with one attached hydrogen (secondary N) is 1. The Balaban J connectivity index is 1.62. The van der Waals surface area contributed by atoms with E-state index in [9.17, 15) is 18.0 Å². The molecule has 3 rings (SSSR count). The highest BCUT2D eigenvalue weighted by atomic mass is 32.2. The van der Waals surface area contributed by atoms with Crippen LogP contribution in [0.25, 0.3) is 11.4 Å². The zero-order valence-corrected chi connectivity index (χ0v) is 15.7. The summed E-state index contributed by atoms with van der Waals surface area (Å²) in [5.74, 6) is -0.0349. The first kappa shape index (κ1) is 19.4. The second-order valence-corrected chi connectivity index (χ2v) is 7.61. The Morgan fingerprint density at radius 1 is 1.19 bits per heavy atom. The van der Waals surface area contributed by atoms with E-state index in [1.807, 2.05) is 31.2 Å². The van der Waals surface area contributed by atoms with E-state index in [2.05, 4.69) is 14.7 Å². The number of alkyl halides is 3. The third-order valence-corrected chi connectivity index (χ3v) is 5.35. The van der Waals surface area contributed by atoms with Gasteiger partial charge in [0.1, 0.15) is 0 Å². The van der Waals surface area contributed by atoms with Gasteiger partial charge in [-0.25, -0.2) is 4.98 Å². The van der Waals surface area contributed by atoms with Crippen LogP contribution in [-0.4, -0.2) is 21.0 Å². The van der Waals surface area contributed by atoms with Crippen LogP contribution in [0.5, 0.6) is 0 Å². The number of aromatic nitrogens is 2. The number of benzene rings is 2. The van der Waals surface area contributed by atoms with E-state index in [-0.39, 0.29) is 11.4 Å². The predicted molar refractivity (Wildman–Crippen MR) is 101 cm³/mol. The molecule has 9 heteroatoms. The molecule has 1 aromatic heterocycles. The molecule has 4 nitrogen and oxygen atoms in total. The first-order valence-corrected chi connectivity index (χ1v) is 9.58. The summed E-state index contributed by atoms with van der Waals surface area (Å²) < 4.78 is 43.7. The summed E-state index contributed by atoms with van der Waals surface area (Å²) in [6.45, 7) is 1.97. The predicted octanol–water partition coefficient (Wildman–Crippen LogP) is 5.26. The van der Waals surface area contributed by atoms with Crippen molar-refractivity contribution < 1.29 is 18.0 Å². The van der Waals surface area contributed by atoms with Gasteiger partial charge < -0.3 is 5.32 Å². The molecule has 0 unspecified atom stereocenters. The van der Waals surface area contributed by atoms with Crippen LogP contribution in [0.2, 0.25) is 0 Å². The molecule has 0 aliphatic heterocycles. The third-order valence-electron chi connectivity index (χ3n) is 3.52. The number of anilines is 1. The molecule has 0 atom stereocenters. The summed E-state index contributed by atoms with van der Waals surface area (Å²) in [5.41, 5.74) is 0.829. The zero-order chi connectivity index (χ0) is 19.4. The second kappa shape index (κ2) is 8.10. The van der Waals surface area contributed by atoms with Gasteiger partial charge in [-0.05, 0) is 36.7 Å². The van der Waals surface area contributed by atoms with Crippen molar-refractivity contribution in [3.8, 4) is 11.4 Å². The van der Waals surface area contributed by atoms with Crippen molar-refractivity contribution in [2.45, 2.75) is 17.4 Å². The zero-order valence-electron chi connectivity index (χ0n) is 14.1. The van der Waals surface area contributed by atoms with Crippen molar-refractivity contribution in [3.63, 3.8) is 0 Å². The van der Waals surface area contributed by atoms with Gasteiger partial charge >= 0.3 is 6.18 Å². The molecule has 1 heterocycles. The van der Waals surface area contributed by atoms with E-state index in [1.54, 1.807) is 0 Å². The highest BCUT2D eigenvalue weighted by Crippen LogP contribution is 2.34. The van der Waals surface area contributed by atoms with Gasteiger partial charge in [0.15, 0.2) is 10.2 Å². The number of aryl methyl sites for hydroxylation is 1. The summed E-state index contributed by atoms with van der Waals surface area (Å²) in [6.07, 6.45) is -4.53. The van der Waals surface area contributed by atoms with Gasteiger partial charge in [0.2, 0.25) is 5.91 Å². The maximum absolute atomic E-state index is 13.0. The lowest BCUT2D eigenvalue weighted by Crippen LogP contribution is -2.18. The van der Waals surface area contributed by atoms with Gasteiger partial charge in [-0.3, -0.25) is 4.79 Å². The number of amides is 1. The summed E-state index contributed by atoms with van der Waals surface area (Å²) >= 11 is 2.28. The maximum Gasteiger partial charge on any atom is 0.418 e. The first-order valence-electron chi connectivity index (χ1n) is 7.82. The number of halogens is 3. The summed E-state index contributed by atoms with van der Waals surface area (Å²) in [4.78, 5) is 16.4. The van der Waals surface area contributed by atoms with Gasteiger partial charge in [0, 0.05) is 5.56 Å². The average molecular weight is 409 g/mol. The largest absolute Gasteiger partial charge is 0.418 e. The quantitative estimate of drug-likeness (QED) is 0.584. The minimum atomic E-state index is -4.53. The molecule has 3 aromatic rings. The second-order valence-electron chi connectivity index (χ2n) is 5.63. The number of rotatable bonds is 5. The molecule has 1 amide bonds. The highest BCUT2D eigenvalue weighted by molar-refractivity contribution is 8.01. The van der Waals surface area contributed by atoms with E-state index >= 15 is 0 Å². The molecule has 0 saturated heterocycles. The average Bonchev–Trinajstić information content (AvgIpc) is 3.09. The SMILES string of the molecule is Cc1cccc(-c2nsc(SCC(=O)Nc3ccccc3C(F)(F)F)n2)c1. The number of carbonyl (C=O) groups excluding carboxylic acids is 1. The molecule has 2 aromatic carbocycles. The van der Waals surface area contributed by atoms with Crippen LogP contribution in [0.3, 0.4) is 0 Å². The van der Waals surface area contributed by atoms with Gasteiger partial charge in [-0.15, -0.1) is 0 Å². The van der Waals surface area contributed by atoms with Crippen molar-refractivity contribution in [2.75, 3.05) is 11.1 Å². The van der Waals surface area contributed by atoms with E-state index in [0.29, 0.717) is 10.2 Å². The summed E-state index contributed by atoms with van der Waals surface area (Å²) in [6, 6.07) is 12.6. The summed E-state index contributed by atoms with van der Waals surface area (Å²) in [7, 11) is 0. The minimum absolute atomic E-state index is 0.0609. The molecule has 0 aliphatic carbocycles. The van der Waals surface area contributed by atoms with E-state index < -0.39 is 17.6 Å².